The topological polar surface area (TPSA) is 58.2 Å². The Morgan fingerprint density at radius 2 is 1.50 bits per heavy atom. The van der Waals surface area contributed by atoms with E-state index in [-0.39, 0.29) is 26.2 Å². The molecule has 0 aliphatic carbocycles. The van der Waals surface area contributed by atoms with Crippen LogP contribution in [0.3, 0.4) is 0 Å². The van der Waals surface area contributed by atoms with E-state index in [0.717, 1.165) is 18.2 Å². The third kappa shape index (κ3) is 9.22. The van der Waals surface area contributed by atoms with Crippen LogP contribution in [0.5, 0.6) is 0 Å². The second kappa shape index (κ2) is 12.2. The Bertz CT molecular complexity index is 1100. The van der Waals surface area contributed by atoms with Gasteiger partial charge in [-0.2, -0.15) is 26.3 Å². The second-order valence-electron chi connectivity index (χ2n) is 7.68. The van der Waals surface area contributed by atoms with Gasteiger partial charge in [0.25, 0.3) is 5.91 Å². The molecule has 0 saturated carbocycles. The zero-order chi connectivity index (χ0) is 27.3. The van der Waals surface area contributed by atoms with Gasteiger partial charge in [-0.3, -0.25) is 9.59 Å². The van der Waals surface area contributed by atoms with Crippen LogP contribution in [-0.4, -0.2) is 30.3 Å². The van der Waals surface area contributed by atoms with Gasteiger partial charge in [-0.25, -0.2) is 0 Å². The summed E-state index contributed by atoms with van der Waals surface area (Å²) in [6.07, 6.45) is -10.0. The van der Waals surface area contributed by atoms with E-state index in [1.165, 1.54) is 37.3 Å². The molecule has 0 saturated heterocycles. The molecule has 2 rings (SSSR count). The van der Waals surface area contributed by atoms with Gasteiger partial charge in [0.15, 0.2) is 0 Å². The number of amides is 2. The molecule has 0 radical (unpaired) electrons. The highest BCUT2D eigenvalue weighted by Crippen LogP contribution is 2.41. The zero-order valence-corrected chi connectivity index (χ0v) is 20.7. The number of allylic oxidation sites excluding steroid dienone is 1. The summed E-state index contributed by atoms with van der Waals surface area (Å²) in [7, 11) is 0. The molecule has 1 unspecified atom stereocenters. The first-order valence-electron chi connectivity index (χ1n) is 10.2. The molecule has 2 aromatic carbocycles. The number of hydrogen-bond donors (Lipinski definition) is 2. The molecule has 0 spiro atoms. The fourth-order valence-corrected chi connectivity index (χ4v) is 3.61. The van der Waals surface area contributed by atoms with Gasteiger partial charge < -0.3 is 10.6 Å². The van der Waals surface area contributed by atoms with E-state index in [4.69, 9.17) is 34.8 Å². The van der Waals surface area contributed by atoms with E-state index in [2.05, 4.69) is 10.6 Å². The summed E-state index contributed by atoms with van der Waals surface area (Å²) in [5, 5.41) is 4.31. The number of carbonyl (C=O) groups is 2. The van der Waals surface area contributed by atoms with Crippen molar-refractivity contribution in [3.05, 3.63) is 74.2 Å². The summed E-state index contributed by atoms with van der Waals surface area (Å²) in [5.74, 6) is -3.56. The van der Waals surface area contributed by atoms with Crippen LogP contribution in [0, 0.1) is 0 Å². The number of rotatable bonds is 8. The highest BCUT2D eigenvalue weighted by atomic mass is 35.5. The molecule has 2 N–H and O–H groups in total. The SMILES string of the molecule is C[C@H](NC(=O)CCC(F)(F)F)NC(=O)c1ccc(/C=C/C(c2cc(Cl)c(Cl)c(Cl)c2)C(F)(F)F)cc1. The minimum absolute atomic E-state index is 0.0592. The first-order chi connectivity index (χ1) is 16.6. The van der Waals surface area contributed by atoms with E-state index in [1.54, 1.807) is 0 Å². The molecule has 196 valence electrons. The van der Waals surface area contributed by atoms with Gasteiger partial charge in [-0.15, -0.1) is 0 Å². The fraction of sp³-hybridized carbons (Fsp3) is 0.304. The summed E-state index contributed by atoms with van der Waals surface area (Å²) < 4.78 is 77.5. The number of halogens is 9. The molecule has 36 heavy (non-hydrogen) atoms. The third-order valence-electron chi connectivity index (χ3n) is 4.73. The maximum atomic E-state index is 13.7. The van der Waals surface area contributed by atoms with Gasteiger partial charge in [-0.1, -0.05) is 59.1 Å². The monoisotopic (exact) mass is 574 g/mol. The molecule has 0 fully saturated rings. The lowest BCUT2D eigenvalue weighted by atomic mass is 9.97. The number of alkyl halides is 6. The Labute approximate surface area is 217 Å². The molecule has 0 aromatic heterocycles. The van der Waals surface area contributed by atoms with E-state index < -0.39 is 49.1 Å². The molecule has 4 nitrogen and oxygen atoms in total. The third-order valence-corrected chi connectivity index (χ3v) is 5.93. The number of carbonyl (C=O) groups excluding carboxylic acids is 2. The van der Waals surface area contributed by atoms with Crippen LogP contribution in [0.15, 0.2) is 42.5 Å². The lowest BCUT2D eigenvalue weighted by Crippen LogP contribution is -2.46. The summed E-state index contributed by atoms with van der Waals surface area (Å²) in [6.45, 7) is 1.37. The normalized spacial score (nSPS) is 13.9. The smallest absolute Gasteiger partial charge is 0.336 e. The summed E-state index contributed by atoms with van der Waals surface area (Å²) in [6, 6.07) is 7.63. The summed E-state index contributed by atoms with van der Waals surface area (Å²) in [4.78, 5) is 23.8. The molecule has 0 heterocycles. The van der Waals surface area contributed by atoms with E-state index in [1.807, 2.05) is 0 Å². The molecule has 2 amide bonds. The van der Waals surface area contributed by atoms with Gasteiger partial charge in [0.2, 0.25) is 5.91 Å². The van der Waals surface area contributed by atoms with Gasteiger partial charge in [0.05, 0.1) is 33.6 Å². The highest BCUT2D eigenvalue weighted by Gasteiger charge is 2.39. The van der Waals surface area contributed by atoms with Crippen LogP contribution in [-0.2, 0) is 4.79 Å². The molecule has 2 aromatic rings. The van der Waals surface area contributed by atoms with Crippen molar-refractivity contribution in [1.29, 1.82) is 0 Å². The number of hydrogen-bond acceptors (Lipinski definition) is 2. The first-order valence-corrected chi connectivity index (χ1v) is 11.4. The minimum Gasteiger partial charge on any atom is -0.336 e. The molecule has 2 atom stereocenters. The number of nitrogens with one attached hydrogen (secondary N) is 2. The zero-order valence-electron chi connectivity index (χ0n) is 18.4. The van der Waals surface area contributed by atoms with Crippen LogP contribution >= 0.6 is 34.8 Å². The van der Waals surface area contributed by atoms with Crippen molar-refractivity contribution in [2.45, 2.75) is 44.2 Å². The average Bonchev–Trinajstić information content (AvgIpc) is 2.75. The molecular formula is C23H19Cl3F6N2O2. The predicted octanol–water partition coefficient (Wildman–Crippen LogP) is 7.54. The van der Waals surface area contributed by atoms with Crippen LogP contribution in [0.4, 0.5) is 26.3 Å². The summed E-state index contributed by atoms with van der Waals surface area (Å²) >= 11 is 17.5. The Balaban J connectivity index is 2.06. The van der Waals surface area contributed by atoms with Gasteiger partial charge in [0.1, 0.15) is 0 Å². The van der Waals surface area contributed by atoms with Crippen molar-refractivity contribution in [3.63, 3.8) is 0 Å². The Morgan fingerprint density at radius 3 is 2.00 bits per heavy atom. The van der Waals surface area contributed by atoms with Crippen LogP contribution in [0.1, 0.15) is 47.2 Å². The van der Waals surface area contributed by atoms with E-state index >= 15 is 0 Å². The van der Waals surface area contributed by atoms with Crippen molar-refractivity contribution >= 4 is 52.7 Å². The molecular weight excluding hydrogens is 557 g/mol. The lowest BCUT2D eigenvalue weighted by molar-refractivity contribution is -0.144. The van der Waals surface area contributed by atoms with Crippen molar-refractivity contribution in [2.24, 2.45) is 0 Å². The van der Waals surface area contributed by atoms with E-state index in [0.29, 0.717) is 5.56 Å². The Hall–Kier alpha value is -2.43. The molecule has 0 aliphatic heterocycles. The standard InChI is InChI=1S/C23H19Cl3F6N2O2/c1-12(33-19(35)8-9-22(27,28)29)34-21(36)14-5-2-13(3-6-14)4-7-16(23(30,31)32)15-10-17(24)20(26)18(25)11-15/h2-7,10-12,16H,8-9H2,1H3,(H,33,35)(H,34,36)/b7-4+/t12-,16?/m1/s1. The van der Waals surface area contributed by atoms with Crippen molar-refractivity contribution in [2.75, 3.05) is 0 Å². The summed E-state index contributed by atoms with van der Waals surface area (Å²) in [5.41, 5.74) is 0.257. The molecule has 0 aliphatic rings. The van der Waals surface area contributed by atoms with Crippen LogP contribution in [0.2, 0.25) is 15.1 Å². The lowest BCUT2D eigenvalue weighted by Gasteiger charge is -2.18. The number of benzene rings is 2. The van der Waals surface area contributed by atoms with Gasteiger partial charge >= 0.3 is 12.4 Å². The maximum Gasteiger partial charge on any atom is 0.399 e. The predicted molar refractivity (Wildman–Crippen MR) is 126 cm³/mol. The van der Waals surface area contributed by atoms with Crippen LogP contribution in [0.25, 0.3) is 6.08 Å². The quantitative estimate of drug-likeness (QED) is 0.194. The van der Waals surface area contributed by atoms with Crippen LogP contribution < -0.4 is 10.6 Å². The average molecular weight is 576 g/mol. The Kier molecular flexibility index (Phi) is 10.1. The molecule has 0 bridgehead atoms. The second-order valence-corrected chi connectivity index (χ2v) is 8.87. The van der Waals surface area contributed by atoms with E-state index in [9.17, 15) is 35.9 Å². The molecule has 13 heteroatoms. The van der Waals surface area contributed by atoms with Crippen molar-refractivity contribution in [3.8, 4) is 0 Å². The Morgan fingerprint density at radius 1 is 0.944 bits per heavy atom. The first kappa shape index (κ1) is 29.8. The minimum atomic E-state index is -4.66. The van der Waals surface area contributed by atoms with Gasteiger partial charge in [-0.05, 0) is 42.3 Å². The largest absolute Gasteiger partial charge is 0.399 e. The maximum absolute atomic E-state index is 13.7. The fourth-order valence-electron chi connectivity index (χ4n) is 3.00. The van der Waals surface area contributed by atoms with Gasteiger partial charge in [0, 0.05) is 12.0 Å². The highest BCUT2D eigenvalue weighted by molar-refractivity contribution is 6.48. The van der Waals surface area contributed by atoms with Crippen molar-refractivity contribution in [1.82, 2.24) is 10.6 Å². The van der Waals surface area contributed by atoms with Crippen molar-refractivity contribution < 1.29 is 35.9 Å².